The van der Waals surface area contributed by atoms with Gasteiger partial charge in [-0.3, -0.25) is 0 Å². The van der Waals surface area contributed by atoms with E-state index in [4.69, 9.17) is 48.4 Å². The minimum absolute atomic E-state index is 0.0509. The molecular weight excluding hydrogens is 644 g/mol. The summed E-state index contributed by atoms with van der Waals surface area (Å²) in [5.74, 6) is 0.716. The van der Waals surface area contributed by atoms with Crippen molar-refractivity contribution in [2.75, 3.05) is 118 Å². The molecule has 0 saturated heterocycles. The van der Waals surface area contributed by atoms with Gasteiger partial charge in [-0.05, 0) is 40.8 Å². The van der Waals surface area contributed by atoms with Gasteiger partial charge < -0.3 is 53.7 Å². The normalized spacial score (nSPS) is 12.1. The summed E-state index contributed by atoms with van der Waals surface area (Å²) in [6.45, 7) is 8.08. The number of fused-ring (bicyclic) bond motifs is 3. The van der Waals surface area contributed by atoms with Gasteiger partial charge in [-0.25, -0.2) is 4.79 Å². The van der Waals surface area contributed by atoms with E-state index in [0.717, 1.165) is 0 Å². The van der Waals surface area contributed by atoms with E-state index >= 15 is 0 Å². The molecule has 0 atom stereocenters. The molecule has 3 aromatic carbocycles. The number of nitrogen functional groups attached to an aromatic ring is 1. The molecule has 3 aromatic rings. The predicted octanol–water partition coefficient (Wildman–Crippen LogP) is 4.69. The second-order valence-electron chi connectivity index (χ2n) is 11.3. The first-order valence-electron chi connectivity index (χ1n) is 17.3. The smallest absolute Gasteiger partial charge is 0.407 e. The van der Waals surface area contributed by atoms with E-state index in [1.165, 1.54) is 22.3 Å². The maximum absolute atomic E-state index is 12.3. The number of nitrogens with one attached hydrogen (secondary N) is 1. The molecule has 0 aromatic heterocycles. The molecule has 0 spiro atoms. The van der Waals surface area contributed by atoms with E-state index in [2.05, 4.69) is 29.6 Å². The number of carbonyl (C=O) groups excluding carboxylic acids is 1. The van der Waals surface area contributed by atoms with Gasteiger partial charge in [0.05, 0.1) is 91.6 Å². The van der Waals surface area contributed by atoms with Crippen LogP contribution in [0.4, 0.5) is 10.5 Å². The fraction of sp³-hybridized carbons (Fsp3) is 0.500. The first-order chi connectivity index (χ1) is 24.7. The summed E-state index contributed by atoms with van der Waals surface area (Å²) in [5, 5.41) is 2.80. The van der Waals surface area contributed by atoms with Gasteiger partial charge in [0.1, 0.15) is 19.0 Å². The summed E-state index contributed by atoms with van der Waals surface area (Å²) in [6, 6.07) is 23.9. The zero-order valence-corrected chi connectivity index (χ0v) is 28.9. The second-order valence-corrected chi connectivity index (χ2v) is 11.3. The first kappa shape index (κ1) is 39.0. The highest BCUT2D eigenvalue weighted by Gasteiger charge is 2.28. The van der Waals surface area contributed by atoms with E-state index in [0.29, 0.717) is 130 Å². The Labute approximate surface area is 295 Å². The lowest BCUT2D eigenvalue weighted by molar-refractivity contribution is -0.0212. The number of hydrogen-bond donors (Lipinski definition) is 2. The van der Waals surface area contributed by atoms with Crippen LogP contribution in [0.3, 0.4) is 0 Å². The van der Waals surface area contributed by atoms with Crippen molar-refractivity contribution in [3.63, 3.8) is 0 Å². The fourth-order valence-corrected chi connectivity index (χ4v) is 5.26. The van der Waals surface area contributed by atoms with Crippen LogP contribution in [0.15, 0.2) is 72.8 Å². The van der Waals surface area contributed by atoms with E-state index in [1.54, 1.807) is 6.07 Å². The lowest BCUT2D eigenvalue weighted by Crippen LogP contribution is -2.27. The molecule has 0 unspecified atom stereocenters. The number of benzene rings is 3. The minimum atomic E-state index is -0.414. The fourth-order valence-electron chi connectivity index (χ4n) is 5.26. The molecular formula is C38H52N2O10. The third kappa shape index (κ3) is 14.6. The molecule has 1 amide bonds. The molecule has 1 aliphatic carbocycles. The van der Waals surface area contributed by atoms with Crippen LogP contribution in [0.1, 0.15) is 23.5 Å². The van der Waals surface area contributed by atoms with Gasteiger partial charge in [0, 0.05) is 19.1 Å². The zero-order valence-electron chi connectivity index (χ0n) is 28.9. The number of amides is 1. The summed E-state index contributed by atoms with van der Waals surface area (Å²) in [5.41, 5.74) is 11.3. The molecule has 12 heteroatoms. The topological polar surface area (TPSA) is 138 Å². The number of anilines is 1. The van der Waals surface area contributed by atoms with Gasteiger partial charge in [-0.2, -0.15) is 0 Å². The third-order valence-corrected chi connectivity index (χ3v) is 7.71. The number of nitrogens with two attached hydrogens (primary N) is 1. The molecule has 4 rings (SSSR count). The van der Waals surface area contributed by atoms with Crippen LogP contribution in [0.5, 0.6) is 5.75 Å². The van der Waals surface area contributed by atoms with Crippen molar-refractivity contribution in [1.82, 2.24) is 5.32 Å². The quantitative estimate of drug-likeness (QED) is 0.0808. The highest BCUT2D eigenvalue weighted by molar-refractivity contribution is 5.79. The van der Waals surface area contributed by atoms with Crippen LogP contribution in [-0.2, 0) is 37.9 Å². The highest BCUT2D eigenvalue weighted by Crippen LogP contribution is 2.44. The predicted molar refractivity (Wildman–Crippen MR) is 190 cm³/mol. The molecule has 0 saturated carbocycles. The summed E-state index contributed by atoms with van der Waals surface area (Å²) in [4.78, 5) is 12.3. The Kier molecular flexibility index (Phi) is 19.1. The number of carbonyl (C=O) groups is 1. The monoisotopic (exact) mass is 696 g/mol. The number of hydrogen-bond acceptors (Lipinski definition) is 11. The van der Waals surface area contributed by atoms with Gasteiger partial charge in [0.15, 0.2) is 0 Å². The Morgan fingerprint density at radius 3 is 1.46 bits per heavy atom. The van der Waals surface area contributed by atoms with Crippen molar-refractivity contribution in [3.05, 3.63) is 83.9 Å². The van der Waals surface area contributed by atoms with Gasteiger partial charge in [-0.1, -0.05) is 60.7 Å². The molecule has 0 aliphatic heterocycles. The van der Waals surface area contributed by atoms with Gasteiger partial charge in [0.2, 0.25) is 0 Å². The van der Waals surface area contributed by atoms with Crippen LogP contribution in [0.2, 0.25) is 0 Å². The van der Waals surface area contributed by atoms with Crippen LogP contribution < -0.4 is 15.8 Å². The molecule has 1 aliphatic rings. The van der Waals surface area contributed by atoms with Crippen LogP contribution in [-0.4, -0.2) is 118 Å². The van der Waals surface area contributed by atoms with E-state index in [-0.39, 0.29) is 5.92 Å². The number of rotatable bonds is 28. The van der Waals surface area contributed by atoms with Crippen molar-refractivity contribution in [2.24, 2.45) is 0 Å². The maximum Gasteiger partial charge on any atom is 0.407 e. The Balaban J connectivity index is 0.825. The lowest BCUT2D eigenvalue weighted by atomic mass is 9.98. The highest BCUT2D eigenvalue weighted by atomic mass is 16.6. The number of para-hydroxylation sites is 2. The molecule has 0 heterocycles. The summed E-state index contributed by atoms with van der Waals surface area (Å²) < 4.78 is 49.7. The summed E-state index contributed by atoms with van der Waals surface area (Å²) in [7, 11) is 0. The number of alkyl carbamates (subject to hydrolysis) is 1. The van der Waals surface area contributed by atoms with Gasteiger partial charge >= 0.3 is 6.09 Å². The van der Waals surface area contributed by atoms with Gasteiger partial charge in [0.25, 0.3) is 0 Å². The van der Waals surface area contributed by atoms with Gasteiger partial charge in [-0.15, -0.1) is 0 Å². The van der Waals surface area contributed by atoms with Crippen molar-refractivity contribution >= 4 is 11.8 Å². The van der Waals surface area contributed by atoms with E-state index in [9.17, 15) is 4.79 Å². The average molecular weight is 697 g/mol. The Morgan fingerprint density at radius 2 is 0.960 bits per heavy atom. The Bertz CT molecular complexity index is 1310. The largest absolute Gasteiger partial charge is 0.489 e. The van der Waals surface area contributed by atoms with Crippen LogP contribution in [0, 0.1) is 0 Å². The van der Waals surface area contributed by atoms with Crippen LogP contribution in [0.25, 0.3) is 11.1 Å². The van der Waals surface area contributed by atoms with Crippen molar-refractivity contribution in [1.29, 1.82) is 0 Å². The van der Waals surface area contributed by atoms with Crippen molar-refractivity contribution < 1.29 is 47.4 Å². The van der Waals surface area contributed by atoms with Crippen molar-refractivity contribution in [3.8, 4) is 16.9 Å². The molecule has 12 nitrogen and oxygen atoms in total. The zero-order chi connectivity index (χ0) is 34.9. The molecule has 50 heavy (non-hydrogen) atoms. The van der Waals surface area contributed by atoms with E-state index < -0.39 is 6.09 Å². The Morgan fingerprint density at radius 1 is 0.540 bits per heavy atom. The SMILES string of the molecule is Nc1ccccc1OCCOCCOCCOCCOCCOCCOCCOCCCNC(=O)OCC1c2ccccc2-c2ccccc21. The molecule has 274 valence electrons. The standard InChI is InChI=1S/C38H52N2O10/c39-36-12-5-6-13-37(36)49-29-28-48-27-26-47-25-24-46-23-22-45-21-20-44-19-18-43-17-16-42-15-7-14-40-38(41)50-30-35-33-10-3-1-8-31(33)32-9-2-4-11-34(32)35/h1-6,8-13,35H,7,14-30,39H2,(H,40,41). The molecule has 0 radical (unpaired) electrons. The lowest BCUT2D eigenvalue weighted by Gasteiger charge is -2.14. The van der Waals surface area contributed by atoms with Crippen molar-refractivity contribution in [2.45, 2.75) is 12.3 Å². The number of ether oxygens (including phenoxy) is 9. The third-order valence-electron chi connectivity index (χ3n) is 7.71. The molecule has 0 fully saturated rings. The first-order valence-corrected chi connectivity index (χ1v) is 17.3. The molecule has 3 N–H and O–H groups in total. The van der Waals surface area contributed by atoms with E-state index in [1.807, 2.05) is 42.5 Å². The Hall–Kier alpha value is -3.75. The maximum atomic E-state index is 12.3. The summed E-state index contributed by atoms with van der Waals surface area (Å²) >= 11 is 0. The minimum Gasteiger partial charge on any atom is -0.489 e. The average Bonchev–Trinajstić information content (AvgIpc) is 3.46. The second kappa shape index (κ2) is 24.4. The molecule has 0 bridgehead atoms. The van der Waals surface area contributed by atoms with Crippen LogP contribution >= 0.6 is 0 Å². The summed E-state index contributed by atoms with van der Waals surface area (Å²) in [6.07, 6.45) is 0.271.